The van der Waals surface area contributed by atoms with Crippen molar-refractivity contribution in [3.63, 3.8) is 0 Å². The van der Waals surface area contributed by atoms with Gasteiger partial charge in [0.1, 0.15) is 11.5 Å². The highest BCUT2D eigenvalue weighted by Crippen LogP contribution is 2.16. The van der Waals surface area contributed by atoms with Gasteiger partial charge in [-0.15, -0.1) is 0 Å². The molecular formula is C15H15N5O. The lowest BCUT2D eigenvalue weighted by Gasteiger charge is -2.17. The van der Waals surface area contributed by atoms with Crippen molar-refractivity contribution in [2.75, 3.05) is 23.8 Å². The number of carbonyl (C=O) groups is 1. The van der Waals surface area contributed by atoms with Gasteiger partial charge in [-0.3, -0.25) is 9.78 Å². The number of hydrogen-bond acceptors (Lipinski definition) is 5. The molecule has 0 saturated heterocycles. The van der Waals surface area contributed by atoms with Crippen LogP contribution in [0.5, 0.6) is 0 Å². The van der Waals surface area contributed by atoms with Gasteiger partial charge in [-0.2, -0.15) is 5.26 Å². The highest BCUT2D eigenvalue weighted by atomic mass is 16.2. The molecule has 1 amide bonds. The Morgan fingerprint density at radius 3 is 2.95 bits per heavy atom. The molecule has 0 saturated carbocycles. The normalized spacial score (nSPS) is 9.76. The minimum atomic E-state index is -0.280. The van der Waals surface area contributed by atoms with E-state index in [9.17, 15) is 4.79 Å². The minimum absolute atomic E-state index is 0.248. The SMILES string of the molecule is CCNc1cncc(C(=O)N(C)c2cccc(C#N)c2)n1. The standard InChI is InChI=1S/C15H15N5O/c1-3-18-14-10-17-9-13(19-14)15(21)20(2)12-6-4-5-11(7-12)8-16/h4-7,9-10H,3H2,1-2H3,(H,18,19). The van der Waals surface area contributed by atoms with Crippen LogP contribution in [-0.2, 0) is 0 Å². The average Bonchev–Trinajstić information content (AvgIpc) is 2.54. The molecule has 1 heterocycles. The quantitative estimate of drug-likeness (QED) is 0.927. The Morgan fingerprint density at radius 1 is 1.43 bits per heavy atom. The Morgan fingerprint density at radius 2 is 2.24 bits per heavy atom. The molecule has 2 aromatic rings. The smallest absolute Gasteiger partial charge is 0.278 e. The number of anilines is 2. The van der Waals surface area contributed by atoms with E-state index >= 15 is 0 Å². The summed E-state index contributed by atoms with van der Waals surface area (Å²) in [6.45, 7) is 2.64. The van der Waals surface area contributed by atoms with Crippen molar-refractivity contribution in [3.8, 4) is 6.07 Å². The van der Waals surface area contributed by atoms with Crippen LogP contribution in [-0.4, -0.2) is 29.5 Å². The van der Waals surface area contributed by atoms with Gasteiger partial charge in [0.25, 0.3) is 5.91 Å². The Kier molecular flexibility index (Phi) is 4.46. The molecule has 1 aromatic heterocycles. The molecule has 0 spiro atoms. The fourth-order valence-electron chi connectivity index (χ4n) is 1.81. The maximum Gasteiger partial charge on any atom is 0.278 e. The molecule has 106 valence electrons. The molecule has 0 aliphatic heterocycles. The number of nitriles is 1. The number of benzene rings is 1. The topological polar surface area (TPSA) is 81.9 Å². The largest absolute Gasteiger partial charge is 0.369 e. The number of nitrogens with zero attached hydrogens (tertiary/aromatic N) is 4. The number of rotatable bonds is 4. The van der Waals surface area contributed by atoms with Crippen molar-refractivity contribution in [2.45, 2.75) is 6.92 Å². The third-order valence-electron chi connectivity index (χ3n) is 2.88. The first-order valence-electron chi connectivity index (χ1n) is 6.50. The Bertz CT molecular complexity index is 692. The molecule has 0 aliphatic rings. The molecule has 6 nitrogen and oxygen atoms in total. The van der Waals surface area contributed by atoms with Crippen LogP contribution >= 0.6 is 0 Å². The van der Waals surface area contributed by atoms with Gasteiger partial charge in [-0.05, 0) is 25.1 Å². The van der Waals surface area contributed by atoms with Crippen LogP contribution in [0.2, 0.25) is 0 Å². The second-order valence-corrected chi connectivity index (χ2v) is 4.35. The summed E-state index contributed by atoms with van der Waals surface area (Å²) >= 11 is 0. The van der Waals surface area contributed by atoms with Crippen LogP contribution in [0.25, 0.3) is 0 Å². The van der Waals surface area contributed by atoms with Gasteiger partial charge >= 0.3 is 0 Å². The summed E-state index contributed by atoms with van der Waals surface area (Å²) in [6.07, 6.45) is 2.99. The number of hydrogen-bond donors (Lipinski definition) is 1. The molecule has 0 radical (unpaired) electrons. The molecule has 21 heavy (non-hydrogen) atoms. The van der Waals surface area contributed by atoms with E-state index in [1.165, 1.54) is 11.1 Å². The van der Waals surface area contributed by atoms with Gasteiger partial charge in [0, 0.05) is 19.3 Å². The van der Waals surface area contributed by atoms with E-state index in [2.05, 4.69) is 21.4 Å². The summed E-state index contributed by atoms with van der Waals surface area (Å²) in [5.74, 6) is 0.278. The third kappa shape index (κ3) is 3.34. The molecule has 0 fully saturated rings. The first-order valence-corrected chi connectivity index (χ1v) is 6.50. The number of carbonyl (C=O) groups excluding carboxylic acids is 1. The van der Waals surface area contributed by atoms with Crippen LogP contribution in [0, 0.1) is 11.3 Å². The molecule has 6 heteroatoms. The average molecular weight is 281 g/mol. The van der Waals surface area contributed by atoms with Gasteiger partial charge < -0.3 is 10.2 Å². The third-order valence-corrected chi connectivity index (χ3v) is 2.88. The van der Waals surface area contributed by atoms with Crippen molar-refractivity contribution in [1.82, 2.24) is 9.97 Å². The fraction of sp³-hybridized carbons (Fsp3) is 0.200. The number of amides is 1. The van der Waals surface area contributed by atoms with E-state index in [1.54, 1.807) is 37.5 Å². The van der Waals surface area contributed by atoms with E-state index in [-0.39, 0.29) is 11.6 Å². The maximum absolute atomic E-state index is 12.4. The van der Waals surface area contributed by atoms with Crippen LogP contribution in [0.15, 0.2) is 36.7 Å². The van der Waals surface area contributed by atoms with Crippen molar-refractivity contribution in [1.29, 1.82) is 5.26 Å². The van der Waals surface area contributed by atoms with E-state index < -0.39 is 0 Å². The van der Waals surface area contributed by atoms with Gasteiger partial charge in [-0.1, -0.05) is 6.07 Å². The summed E-state index contributed by atoms with van der Waals surface area (Å²) in [7, 11) is 1.64. The Labute approximate surface area is 123 Å². The second kappa shape index (κ2) is 6.48. The first kappa shape index (κ1) is 14.5. The summed E-state index contributed by atoms with van der Waals surface area (Å²) in [4.78, 5) is 22.1. The predicted molar refractivity (Wildman–Crippen MR) is 80.1 cm³/mol. The zero-order chi connectivity index (χ0) is 15.2. The molecule has 0 unspecified atom stereocenters. The maximum atomic E-state index is 12.4. The fourth-order valence-corrected chi connectivity index (χ4v) is 1.81. The summed E-state index contributed by atoms with van der Waals surface area (Å²) in [6, 6.07) is 8.89. The lowest BCUT2D eigenvalue weighted by molar-refractivity contribution is 0.0988. The molecule has 1 N–H and O–H groups in total. The zero-order valence-electron chi connectivity index (χ0n) is 11.9. The minimum Gasteiger partial charge on any atom is -0.369 e. The molecule has 0 bridgehead atoms. The summed E-state index contributed by atoms with van der Waals surface area (Å²) < 4.78 is 0. The molecule has 0 atom stereocenters. The van der Waals surface area contributed by atoms with Gasteiger partial charge in [-0.25, -0.2) is 4.98 Å². The highest BCUT2D eigenvalue weighted by molar-refractivity contribution is 6.04. The monoisotopic (exact) mass is 281 g/mol. The lowest BCUT2D eigenvalue weighted by atomic mass is 10.2. The molecule has 2 rings (SSSR count). The van der Waals surface area contributed by atoms with Crippen molar-refractivity contribution >= 4 is 17.4 Å². The van der Waals surface area contributed by atoms with E-state index in [0.717, 1.165) is 0 Å². The van der Waals surface area contributed by atoms with Crippen molar-refractivity contribution in [3.05, 3.63) is 47.9 Å². The van der Waals surface area contributed by atoms with E-state index in [1.807, 2.05) is 6.92 Å². The van der Waals surface area contributed by atoms with E-state index in [0.29, 0.717) is 23.6 Å². The lowest BCUT2D eigenvalue weighted by Crippen LogP contribution is -2.27. The first-order chi connectivity index (χ1) is 10.2. The number of aromatic nitrogens is 2. The second-order valence-electron chi connectivity index (χ2n) is 4.35. The van der Waals surface area contributed by atoms with Gasteiger partial charge in [0.05, 0.1) is 24.0 Å². The van der Waals surface area contributed by atoms with E-state index in [4.69, 9.17) is 5.26 Å². The van der Waals surface area contributed by atoms with Crippen molar-refractivity contribution < 1.29 is 4.79 Å². The van der Waals surface area contributed by atoms with Crippen LogP contribution in [0.4, 0.5) is 11.5 Å². The number of nitrogens with one attached hydrogen (secondary N) is 1. The molecule has 1 aromatic carbocycles. The van der Waals surface area contributed by atoms with Crippen LogP contribution < -0.4 is 10.2 Å². The molecule has 0 aliphatic carbocycles. The summed E-state index contributed by atoms with van der Waals surface area (Å²) in [5, 5.41) is 11.9. The van der Waals surface area contributed by atoms with Gasteiger partial charge in [0.2, 0.25) is 0 Å². The van der Waals surface area contributed by atoms with Gasteiger partial charge in [0.15, 0.2) is 0 Å². The highest BCUT2D eigenvalue weighted by Gasteiger charge is 2.16. The Hall–Kier alpha value is -2.94. The van der Waals surface area contributed by atoms with Crippen molar-refractivity contribution in [2.24, 2.45) is 0 Å². The Balaban J connectivity index is 2.26. The predicted octanol–water partition coefficient (Wildman–Crippen LogP) is 2.06. The zero-order valence-corrected chi connectivity index (χ0v) is 11.9. The van der Waals surface area contributed by atoms with Crippen LogP contribution in [0.3, 0.4) is 0 Å². The molecular weight excluding hydrogens is 266 g/mol. The van der Waals surface area contributed by atoms with Crippen LogP contribution in [0.1, 0.15) is 23.0 Å². The summed E-state index contributed by atoms with van der Waals surface area (Å²) in [5.41, 5.74) is 1.38.